The van der Waals surface area contributed by atoms with Crippen LogP contribution in [-0.4, -0.2) is 50.8 Å². The predicted octanol–water partition coefficient (Wildman–Crippen LogP) is 1.22. The number of benzene rings is 1. The molecular formula is C20H22N6O2. The maximum absolute atomic E-state index is 12.5. The SMILES string of the molecule is Nc1cc(N2C[C@H](O)C[C@@H]2CNC(=O)c2ccc(-n3cccc3)cc2)ncn1. The summed E-state index contributed by atoms with van der Waals surface area (Å²) in [5.41, 5.74) is 7.32. The molecule has 0 radical (unpaired) electrons. The van der Waals surface area contributed by atoms with Crippen LogP contribution in [0.5, 0.6) is 0 Å². The lowest BCUT2D eigenvalue weighted by Crippen LogP contribution is -2.40. The molecule has 0 bridgehead atoms. The highest BCUT2D eigenvalue weighted by atomic mass is 16.3. The molecule has 4 N–H and O–H groups in total. The number of nitrogens with two attached hydrogens (primary N) is 1. The van der Waals surface area contributed by atoms with Gasteiger partial charge in [0.1, 0.15) is 18.0 Å². The van der Waals surface area contributed by atoms with E-state index in [4.69, 9.17) is 5.73 Å². The number of hydrogen-bond acceptors (Lipinski definition) is 6. The molecular weight excluding hydrogens is 356 g/mol. The van der Waals surface area contributed by atoms with Gasteiger partial charge in [0.05, 0.1) is 12.1 Å². The number of nitrogen functional groups attached to an aromatic ring is 1. The highest BCUT2D eigenvalue weighted by molar-refractivity contribution is 5.94. The normalized spacial score (nSPS) is 19.0. The predicted molar refractivity (Wildman–Crippen MR) is 106 cm³/mol. The fourth-order valence-corrected chi connectivity index (χ4v) is 3.49. The maximum atomic E-state index is 12.5. The molecule has 0 spiro atoms. The third-order valence-corrected chi connectivity index (χ3v) is 4.89. The van der Waals surface area contributed by atoms with Gasteiger partial charge in [0.2, 0.25) is 0 Å². The van der Waals surface area contributed by atoms with E-state index in [9.17, 15) is 9.90 Å². The lowest BCUT2D eigenvalue weighted by molar-refractivity contribution is 0.0950. The summed E-state index contributed by atoms with van der Waals surface area (Å²) < 4.78 is 1.98. The van der Waals surface area contributed by atoms with Crippen molar-refractivity contribution in [1.29, 1.82) is 0 Å². The third kappa shape index (κ3) is 3.81. The molecule has 1 saturated heterocycles. The number of aliphatic hydroxyl groups is 1. The monoisotopic (exact) mass is 378 g/mol. The van der Waals surface area contributed by atoms with Crippen LogP contribution in [0.4, 0.5) is 11.6 Å². The Morgan fingerprint density at radius 1 is 1.21 bits per heavy atom. The summed E-state index contributed by atoms with van der Waals surface area (Å²) in [4.78, 5) is 22.6. The van der Waals surface area contributed by atoms with Crippen LogP contribution in [0, 0.1) is 0 Å². The molecule has 8 nitrogen and oxygen atoms in total. The number of rotatable bonds is 5. The highest BCUT2D eigenvalue weighted by Gasteiger charge is 2.32. The van der Waals surface area contributed by atoms with E-state index in [1.165, 1.54) is 6.33 Å². The van der Waals surface area contributed by atoms with Crippen LogP contribution < -0.4 is 16.0 Å². The summed E-state index contributed by atoms with van der Waals surface area (Å²) in [5.74, 6) is 0.874. The van der Waals surface area contributed by atoms with E-state index >= 15 is 0 Å². The number of nitrogens with zero attached hydrogens (tertiary/aromatic N) is 4. The van der Waals surface area contributed by atoms with Gasteiger partial charge in [-0.3, -0.25) is 4.79 Å². The largest absolute Gasteiger partial charge is 0.391 e. The Kier molecular flexibility index (Phi) is 4.94. The summed E-state index contributed by atoms with van der Waals surface area (Å²) in [5, 5.41) is 13.0. The summed E-state index contributed by atoms with van der Waals surface area (Å²) in [7, 11) is 0. The first-order chi connectivity index (χ1) is 13.6. The lowest BCUT2D eigenvalue weighted by atomic mass is 10.1. The van der Waals surface area contributed by atoms with Crippen molar-refractivity contribution < 1.29 is 9.90 Å². The molecule has 4 rings (SSSR count). The maximum Gasteiger partial charge on any atom is 0.251 e. The highest BCUT2D eigenvalue weighted by Crippen LogP contribution is 2.24. The third-order valence-electron chi connectivity index (χ3n) is 4.89. The quantitative estimate of drug-likeness (QED) is 0.616. The Morgan fingerprint density at radius 3 is 2.68 bits per heavy atom. The first-order valence-electron chi connectivity index (χ1n) is 9.14. The molecule has 0 aliphatic carbocycles. The van der Waals surface area contributed by atoms with Gasteiger partial charge in [-0.15, -0.1) is 0 Å². The van der Waals surface area contributed by atoms with E-state index in [1.54, 1.807) is 18.2 Å². The number of nitrogens with one attached hydrogen (secondary N) is 1. The van der Waals surface area contributed by atoms with Crippen LogP contribution in [-0.2, 0) is 0 Å². The second kappa shape index (κ2) is 7.69. The van der Waals surface area contributed by atoms with Gasteiger partial charge < -0.3 is 25.6 Å². The van der Waals surface area contributed by atoms with E-state index < -0.39 is 6.10 Å². The topological polar surface area (TPSA) is 109 Å². The average molecular weight is 378 g/mol. The molecule has 0 saturated carbocycles. The van der Waals surface area contributed by atoms with Gasteiger partial charge in [-0.1, -0.05) is 0 Å². The molecule has 8 heteroatoms. The minimum atomic E-state index is -0.473. The number of anilines is 2. The molecule has 1 aromatic carbocycles. The fourth-order valence-electron chi connectivity index (χ4n) is 3.49. The van der Waals surface area contributed by atoms with Crippen LogP contribution in [0.25, 0.3) is 5.69 Å². The average Bonchev–Trinajstić information content (AvgIpc) is 3.36. The minimum Gasteiger partial charge on any atom is -0.391 e. The van der Waals surface area contributed by atoms with Gasteiger partial charge >= 0.3 is 0 Å². The summed E-state index contributed by atoms with van der Waals surface area (Å²) in [6.45, 7) is 0.849. The Bertz CT molecular complexity index is 942. The molecule has 3 heterocycles. The van der Waals surface area contributed by atoms with Crippen LogP contribution in [0.2, 0.25) is 0 Å². The lowest BCUT2D eigenvalue weighted by Gasteiger charge is -2.25. The smallest absolute Gasteiger partial charge is 0.251 e. The van der Waals surface area contributed by atoms with Crippen molar-refractivity contribution >= 4 is 17.5 Å². The van der Waals surface area contributed by atoms with Crippen molar-refractivity contribution in [3.63, 3.8) is 0 Å². The zero-order valence-electron chi connectivity index (χ0n) is 15.3. The second-order valence-electron chi connectivity index (χ2n) is 6.84. The van der Waals surface area contributed by atoms with Crippen molar-refractivity contribution in [2.24, 2.45) is 0 Å². The molecule has 1 aliphatic rings. The molecule has 1 amide bonds. The van der Waals surface area contributed by atoms with Crippen LogP contribution in [0.15, 0.2) is 61.2 Å². The van der Waals surface area contributed by atoms with Gasteiger partial charge in [-0.2, -0.15) is 0 Å². The van der Waals surface area contributed by atoms with Crippen molar-refractivity contribution in [3.8, 4) is 5.69 Å². The second-order valence-corrected chi connectivity index (χ2v) is 6.84. The molecule has 144 valence electrons. The number of aliphatic hydroxyl groups excluding tert-OH is 1. The van der Waals surface area contributed by atoms with Crippen LogP contribution in [0.3, 0.4) is 0 Å². The standard InChI is InChI=1S/C20H22N6O2/c21-18-10-19(24-13-23-18)26-12-17(27)9-16(26)11-22-20(28)14-3-5-15(6-4-14)25-7-1-2-8-25/h1-8,10,13,16-17,27H,9,11-12H2,(H,22,28)(H2,21,23,24)/t16-,17-/m1/s1. The van der Waals surface area contributed by atoms with Crippen LogP contribution in [0.1, 0.15) is 16.8 Å². The van der Waals surface area contributed by atoms with Crippen molar-refractivity contribution in [2.45, 2.75) is 18.6 Å². The number of carbonyl (C=O) groups excluding carboxylic acids is 1. The Labute approximate surface area is 162 Å². The first-order valence-corrected chi connectivity index (χ1v) is 9.14. The zero-order valence-corrected chi connectivity index (χ0v) is 15.3. The van der Waals surface area contributed by atoms with E-state index in [1.807, 2.05) is 46.1 Å². The number of aromatic nitrogens is 3. The molecule has 28 heavy (non-hydrogen) atoms. The van der Waals surface area contributed by atoms with Crippen molar-refractivity contribution in [2.75, 3.05) is 23.7 Å². The van der Waals surface area contributed by atoms with Gasteiger partial charge in [0.15, 0.2) is 0 Å². The number of amides is 1. The van der Waals surface area contributed by atoms with Gasteiger partial charge in [0.25, 0.3) is 5.91 Å². The molecule has 1 fully saturated rings. The Hall–Kier alpha value is -3.39. The van der Waals surface area contributed by atoms with E-state index in [0.29, 0.717) is 36.7 Å². The van der Waals surface area contributed by atoms with Gasteiger partial charge in [-0.25, -0.2) is 9.97 Å². The zero-order chi connectivity index (χ0) is 19.5. The molecule has 2 aromatic heterocycles. The van der Waals surface area contributed by atoms with Crippen molar-refractivity contribution in [3.05, 3.63) is 66.7 Å². The molecule has 0 unspecified atom stereocenters. The van der Waals surface area contributed by atoms with E-state index in [0.717, 1.165) is 5.69 Å². The van der Waals surface area contributed by atoms with Gasteiger partial charge in [0, 0.05) is 42.8 Å². The summed E-state index contributed by atoms with van der Waals surface area (Å²) >= 11 is 0. The number of hydrogen-bond donors (Lipinski definition) is 3. The Balaban J connectivity index is 1.40. The Morgan fingerprint density at radius 2 is 1.96 bits per heavy atom. The van der Waals surface area contributed by atoms with Crippen molar-refractivity contribution in [1.82, 2.24) is 19.9 Å². The first kappa shape index (κ1) is 18.0. The molecule has 2 atom stereocenters. The number of β-amino-alcohol motifs (C(OH)–C–C–N with tert-alkyl or cyclic N) is 1. The molecule has 1 aliphatic heterocycles. The van der Waals surface area contributed by atoms with Crippen LogP contribution >= 0.6 is 0 Å². The minimum absolute atomic E-state index is 0.0626. The van der Waals surface area contributed by atoms with E-state index in [2.05, 4.69) is 15.3 Å². The van der Waals surface area contributed by atoms with E-state index in [-0.39, 0.29) is 11.9 Å². The number of carbonyl (C=O) groups is 1. The summed E-state index contributed by atoms with van der Waals surface area (Å²) in [6.07, 6.45) is 5.39. The summed E-state index contributed by atoms with van der Waals surface area (Å²) in [6, 6.07) is 12.9. The molecule has 3 aromatic rings. The fraction of sp³-hybridized carbons (Fsp3) is 0.250. The van der Waals surface area contributed by atoms with Gasteiger partial charge in [-0.05, 0) is 42.8 Å².